The highest BCUT2D eigenvalue weighted by Crippen LogP contribution is 2.38. The van der Waals surface area contributed by atoms with Gasteiger partial charge in [-0.3, -0.25) is 4.79 Å². The summed E-state index contributed by atoms with van der Waals surface area (Å²) in [5.41, 5.74) is 2.53. The standard InChI is InChI=1S/C20H25N3O2/c1-13(2)19-21-18(22-25-19)17-11-6-12-23(17)20(24)16-10-5-8-14-7-3-4-9-15(14)16/h3-4,7,9,13,16-17H,5-6,8,10-12H2,1-2H3. The molecule has 5 nitrogen and oxygen atoms in total. The summed E-state index contributed by atoms with van der Waals surface area (Å²) < 4.78 is 5.37. The van der Waals surface area contributed by atoms with Gasteiger partial charge in [-0.15, -0.1) is 0 Å². The zero-order valence-corrected chi connectivity index (χ0v) is 14.9. The molecular weight excluding hydrogens is 314 g/mol. The smallest absolute Gasteiger partial charge is 0.230 e. The molecule has 2 heterocycles. The number of rotatable bonds is 3. The maximum Gasteiger partial charge on any atom is 0.230 e. The van der Waals surface area contributed by atoms with Gasteiger partial charge in [0.2, 0.25) is 11.8 Å². The van der Waals surface area contributed by atoms with E-state index in [-0.39, 0.29) is 23.8 Å². The van der Waals surface area contributed by atoms with Crippen LogP contribution in [0.25, 0.3) is 0 Å². The van der Waals surface area contributed by atoms with E-state index in [2.05, 4.69) is 28.3 Å². The molecule has 25 heavy (non-hydrogen) atoms. The Labute approximate surface area is 148 Å². The Morgan fingerprint density at radius 1 is 1.24 bits per heavy atom. The molecule has 1 aromatic carbocycles. The highest BCUT2D eigenvalue weighted by molar-refractivity contribution is 5.85. The number of nitrogens with zero attached hydrogens (tertiary/aromatic N) is 3. The first-order chi connectivity index (χ1) is 12.1. The highest BCUT2D eigenvalue weighted by atomic mass is 16.5. The molecule has 1 aromatic heterocycles. The van der Waals surface area contributed by atoms with Crippen molar-refractivity contribution in [3.63, 3.8) is 0 Å². The maximum absolute atomic E-state index is 13.3. The molecule has 1 saturated heterocycles. The fourth-order valence-corrected chi connectivity index (χ4v) is 4.13. The molecular formula is C20H25N3O2. The second kappa shape index (κ2) is 6.62. The summed E-state index contributed by atoms with van der Waals surface area (Å²) in [6, 6.07) is 8.34. The fourth-order valence-electron chi connectivity index (χ4n) is 4.13. The van der Waals surface area contributed by atoms with Crippen LogP contribution in [0.1, 0.15) is 80.3 Å². The van der Waals surface area contributed by atoms with Gasteiger partial charge >= 0.3 is 0 Å². The van der Waals surface area contributed by atoms with Gasteiger partial charge in [-0.25, -0.2) is 0 Å². The number of hydrogen-bond acceptors (Lipinski definition) is 4. The Balaban J connectivity index is 1.59. The van der Waals surface area contributed by atoms with Gasteiger partial charge < -0.3 is 9.42 Å². The molecule has 132 valence electrons. The number of carbonyl (C=O) groups excluding carboxylic acids is 1. The molecule has 2 aromatic rings. The van der Waals surface area contributed by atoms with Crippen LogP contribution >= 0.6 is 0 Å². The Morgan fingerprint density at radius 3 is 2.88 bits per heavy atom. The molecule has 1 amide bonds. The SMILES string of the molecule is CC(C)c1nc(C2CCCN2C(=O)C2CCCc3ccccc32)no1. The van der Waals surface area contributed by atoms with E-state index in [9.17, 15) is 4.79 Å². The summed E-state index contributed by atoms with van der Waals surface area (Å²) in [4.78, 5) is 19.9. The van der Waals surface area contributed by atoms with Crippen LogP contribution < -0.4 is 0 Å². The Morgan fingerprint density at radius 2 is 2.08 bits per heavy atom. The van der Waals surface area contributed by atoms with Gasteiger partial charge in [-0.2, -0.15) is 4.98 Å². The lowest BCUT2D eigenvalue weighted by molar-refractivity contribution is -0.134. The summed E-state index contributed by atoms with van der Waals surface area (Å²) in [5, 5.41) is 4.16. The average molecular weight is 339 g/mol. The van der Waals surface area contributed by atoms with Crippen molar-refractivity contribution in [2.75, 3.05) is 6.54 Å². The van der Waals surface area contributed by atoms with Crippen LogP contribution in [0.5, 0.6) is 0 Å². The molecule has 5 heteroatoms. The minimum Gasteiger partial charge on any atom is -0.339 e. The van der Waals surface area contributed by atoms with Gasteiger partial charge in [-0.05, 0) is 43.2 Å². The molecule has 1 aliphatic heterocycles. The lowest BCUT2D eigenvalue weighted by Gasteiger charge is -2.31. The van der Waals surface area contributed by atoms with E-state index < -0.39 is 0 Å². The summed E-state index contributed by atoms with van der Waals surface area (Å²) in [6.07, 6.45) is 4.99. The Kier molecular flexibility index (Phi) is 4.32. The minimum absolute atomic E-state index is 0.0259. The number of amides is 1. The van der Waals surface area contributed by atoms with E-state index in [4.69, 9.17) is 4.52 Å². The Bertz CT molecular complexity index is 768. The van der Waals surface area contributed by atoms with Gasteiger partial charge in [0.05, 0.1) is 12.0 Å². The lowest BCUT2D eigenvalue weighted by Crippen LogP contribution is -2.36. The molecule has 4 rings (SSSR count). The summed E-state index contributed by atoms with van der Waals surface area (Å²) in [7, 11) is 0. The van der Waals surface area contributed by atoms with Crippen molar-refractivity contribution < 1.29 is 9.32 Å². The van der Waals surface area contributed by atoms with Crippen molar-refractivity contribution in [3.05, 3.63) is 47.1 Å². The minimum atomic E-state index is -0.0437. The molecule has 2 unspecified atom stereocenters. The van der Waals surface area contributed by atoms with Crippen molar-refractivity contribution in [1.29, 1.82) is 0 Å². The Hall–Kier alpha value is -2.17. The number of hydrogen-bond donors (Lipinski definition) is 0. The van der Waals surface area contributed by atoms with Crippen LogP contribution in [0, 0.1) is 0 Å². The van der Waals surface area contributed by atoms with Gasteiger partial charge in [0.25, 0.3) is 0 Å². The van der Waals surface area contributed by atoms with Crippen molar-refractivity contribution >= 4 is 5.91 Å². The predicted octanol–water partition coefficient (Wildman–Crippen LogP) is 3.98. The third kappa shape index (κ3) is 2.96. The monoisotopic (exact) mass is 339 g/mol. The molecule has 0 N–H and O–H groups in total. The zero-order valence-electron chi connectivity index (χ0n) is 14.9. The quantitative estimate of drug-likeness (QED) is 0.849. The van der Waals surface area contributed by atoms with Gasteiger partial charge in [0.15, 0.2) is 5.82 Å². The molecule has 0 spiro atoms. The predicted molar refractivity (Wildman–Crippen MR) is 94.2 cm³/mol. The largest absolute Gasteiger partial charge is 0.339 e. The first-order valence-corrected chi connectivity index (χ1v) is 9.37. The molecule has 0 bridgehead atoms. The second-order valence-electron chi connectivity index (χ2n) is 7.48. The second-order valence-corrected chi connectivity index (χ2v) is 7.48. The third-order valence-electron chi connectivity index (χ3n) is 5.45. The third-order valence-corrected chi connectivity index (χ3v) is 5.45. The van der Waals surface area contributed by atoms with Crippen molar-refractivity contribution in [3.8, 4) is 0 Å². The topological polar surface area (TPSA) is 59.2 Å². The van der Waals surface area contributed by atoms with E-state index in [0.29, 0.717) is 11.7 Å². The summed E-state index contributed by atoms with van der Waals surface area (Å²) in [6.45, 7) is 4.86. The molecule has 0 saturated carbocycles. The first-order valence-electron chi connectivity index (χ1n) is 9.37. The van der Waals surface area contributed by atoms with Crippen LogP contribution in [0.3, 0.4) is 0 Å². The van der Waals surface area contributed by atoms with E-state index >= 15 is 0 Å². The van der Waals surface area contributed by atoms with E-state index in [1.165, 1.54) is 11.1 Å². The average Bonchev–Trinajstić information content (AvgIpc) is 3.29. The molecule has 1 fully saturated rings. The number of fused-ring (bicyclic) bond motifs is 1. The summed E-state index contributed by atoms with van der Waals surface area (Å²) >= 11 is 0. The van der Waals surface area contributed by atoms with Crippen LogP contribution in [0.2, 0.25) is 0 Å². The van der Waals surface area contributed by atoms with Crippen LogP contribution in [0.4, 0.5) is 0 Å². The number of aryl methyl sites for hydroxylation is 1. The molecule has 0 radical (unpaired) electrons. The van der Waals surface area contributed by atoms with Gasteiger partial charge in [-0.1, -0.05) is 43.3 Å². The zero-order chi connectivity index (χ0) is 17.4. The van der Waals surface area contributed by atoms with E-state index in [1.807, 2.05) is 24.8 Å². The van der Waals surface area contributed by atoms with E-state index in [1.54, 1.807) is 0 Å². The molecule has 2 aliphatic rings. The number of likely N-dealkylation sites (tertiary alicyclic amines) is 1. The van der Waals surface area contributed by atoms with Crippen LogP contribution in [-0.2, 0) is 11.2 Å². The van der Waals surface area contributed by atoms with E-state index in [0.717, 1.165) is 38.6 Å². The molecule has 2 atom stereocenters. The highest BCUT2D eigenvalue weighted by Gasteiger charge is 2.38. The summed E-state index contributed by atoms with van der Waals surface area (Å²) in [5.74, 6) is 1.72. The normalized spacial score (nSPS) is 23.1. The van der Waals surface area contributed by atoms with Crippen molar-refractivity contribution in [1.82, 2.24) is 15.0 Å². The number of benzene rings is 1. The van der Waals surface area contributed by atoms with Crippen molar-refractivity contribution in [2.45, 2.75) is 63.8 Å². The number of aromatic nitrogens is 2. The number of carbonyl (C=O) groups is 1. The maximum atomic E-state index is 13.3. The lowest BCUT2D eigenvalue weighted by atomic mass is 9.82. The fraction of sp³-hybridized carbons (Fsp3) is 0.550. The van der Waals surface area contributed by atoms with Crippen LogP contribution in [-0.4, -0.2) is 27.5 Å². The first kappa shape index (κ1) is 16.3. The van der Waals surface area contributed by atoms with Crippen molar-refractivity contribution in [2.24, 2.45) is 0 Å². The van der Waals surface area contributed by atoms with Gasteiger partial charge in [0, 0.05) is 12.5 Å². The van der Waals surface area contributed by atoms with Crippen LogP contribution in [0.15, 0.2) is 28.8 Å². The molecule has 1 aliphatic carbocycles. The van der Waals surface area contributed by atoms with Gasteiger partial charge in [0.1, 0.15) is 0 Å².